The average molecular weight is 321 g/mol. The van der Waals surface area contributed by atoms with Gasteiger partial charge in [0.1, 0.15) is 0 Å². The quantitative estimate of drug-likeness (QED) is 0.728. The SMILES string of the molecule is CN(C)CC(C)(C)CNC(=O)C1CCN(CCN)CC1.Cl. The van der Waals surface area contributed by atoms with Crippen molar-refractivity contribution in [2.24, 2.45) is 17.1 Å². The van der Waals surface area contributed by atoms with E-state index in [9.17, 15) is 4.79 Å². The highest BCUT2D eigenvalue weighted by molar-refractivity contribution is 5.85. The predicted octanol–water partition coefficient (Wildman–Crippen LogP) is 0.783. The van der Waals surface area contributed by atoms with E-state index < -0.39 is 0 Å². The lowest BCUT2D eigenvalue weighted by molar-refractivity contribution is -0.126. The van der Waals surface area contributed by atoms with Crippen molar-refractivity contribution >= 4 is 18.3 Å². The zero-order valence-corrected chi connectivity index (χ0v) is 14.8. The van der Waals surface area contributed by atoms with Gasteiger partial charge in [-0.3, -0.25) is 4.79 Å². The van der Waals surface area contributed by atoms with Gasteiger partial charge < -0.3 is 20.9 Å². The number of nitrogens with one attached hydrogen (secondary N) is 1. The van der Waals surface area contributed by atoms with Crippen molar-refractivity contribution in [2.75, 3.05) is 53.4 Å². The average Bonchev–Trinajstić information content (AvgIpc) is 2.36. The lowest BCUT2D eigenvalue weighted by Gasteiger charge is -2.32. The molecule has 0 bridgehead atoms. The smallest absolute Gasteiger partial charge is 0.223 e. The minimum Gasteiger partial charge on any atom is -0.355 e. The molecule has 0 aliphatic carbocycles. The third-order valence-corrected chi connectivity index (χ3v) is 3.89. The summed E-state index contributed by atoms with van der Waals surface area (Å²) in [7, 11) is 4.13. The highest BCUT2D eigenvalue weighted by atomic mass is 35.5. The Morgan fingerprint density at radius 1 is 1.33 bits per heavy atom. The van der Waals surface area contributed by atoms with Crippen LogP contribution in [0.15, 0.2) is 0 Å². The van der Waals surface area contributed by atoms with Gasteiger partial charge in [-0.15, -0.1) is 12.4 Å². The third kappa shape index (κ3) is 8.00. The summed E-state index contributed by atoms with van der Waals surface area (Å²) in [5, 5.41) is 3.14. The summed E-state index contributed by atoms with van der Waals surface area (Å²) in [6, 6.07) is 0. The fourth-order valence-electron chi connectivity index (χ4n) is 2.98. The number of nitrogens with two attached hydrogens (primary N) is 1. The highest BCUT2D eigenvalue weighted by Gasteiger charge is 2.26. The Hall–Kier alpha value is -0.360. The number of rotatable bonds is 7. The summed E-state index contributed by atoms with van der Waals surface area (Å²) in [6.45, 7) is 9.75. The van der Waals surface area contributed by atoms with E-state index >= 15 is 0 Å². The normalized spacial score (nSPS) is 17.6. The third-order valence-electron chi connectivity index (χ3n) is 3.89. The van der Waals surface area contributed by atoms with Crippen LogP contribution in [-0.2, 0) is 4.79 Å². The molecule has 3 N–H and O–H groups in total. The van der Waals surface area contributed by atoms with E-state index in [-0.39, 0.29) is 29.6 Å². The Morgan fingerprint density at radius 2 is 1.90 bits per heavy atom. The van der Waals surface area contributed by atoms with Crippen molar-refractivity contribution in [3.05, 3.63) is 0 Å². The Balaban J connectivity index is 0.00000400. The molecule has 0 aromatic rings. The molecule has 1 heterocycles. The monoisotopic (exact) mass is 320 g/mol. The lowest BCUT2D eigenvalue weighted by Crippen LogP contribution is -2.45. The van der Waals surface area contributed by atoms with Crippen LogP contribution in [0.3, 0.4) is 0 Å². The summed E-state index contributed by atoms with van der Waals surface area (Å²) < 4.78 is 0. The fraction of sp³-hybridized carbons (Fsp3) is 0.933. The minimum absolute atomic E-state index is 0. The topological polar surface area (TPSA) is 61.6 Å². The van der Waals surface area contributed by atoms with Crippen LogP contribution in [0.5, 0.6) is 0 Å². The molecule has 0 atom stereocenters. The summed E-state index contributed by atoms with van der Waals surface area (Å²) in [4.78, 5) is 16.7. The Morgan fingerprint density at radius 3 is 2.38 bits per heavy atom. The van der Waals surface area contributed by atoms with Crippen LogP contribution < -0.4 is 11.1 Å². The van der Waals surface area contributed by atoms with Crippen LogP contribution in [-0.4, -0.2) is 69.1 Å². The standard InChI is InChI=1S/C15H32N4O.ClH/c1-15(2,12-18(3)4)11-17-14(20)13-5-8-19(9-6-13)10-7-16;/h13H,5-12,16H2,1-4H3,(H,17,20);1H. The van der Waals surface area contributed by atoms with Crippen molar-refractivity contribution in [3.8, 4) is 0 Å². The van der Waals surface area contributed by atoms with Crippen LogP contribution >= 0.6 is 12.4 Å². The number of amides is 1. The number of carbonyl (C=O) groups excluding carboxylic acids is 1. The molecule has 0 aromatic carbocycles. The van der Waals surface area contributed by atoms with Gasteiger partial charge in [-0.1, -0.05) is 13.8 Å². The summed E-state index contributed by atoms with van der Waals surface area (Å²) >= 11 is 0. The first kappa shape index (κ1) is 20.6. The minimum atomic E-state index is 0. The molecule has 1 aliphatic rings. The van der Waals surface area contributed by atoms with Gasteiger partial charge in [0.2, 0.25) is 5.91 Å². The van der Waals surface area contributed by atoms with Crippen LogP contribution in [0.25, 0.3) is 0 Å². The van der Waals surface area contributed by atoms with Gasteiger partial charge in [-0.25, -0.2) is 0 Å². The van der Waals surface area contributed by atoms with E-state index in [4.69, 9.17) is 5.73 Å². The van der Waals surface area contributed by atoms with Gasteiger partial charge in [-0.05, 0) is 45.4 Å². The van der Waals surface area contributed by atoms with E-state index in [0.29, 0.717) is 6.54 Å². The van der Waals surface area contributed by atoms with Gasteiger partial charge in [0.25, 0.3) is 0 Å². The molecule has 1 fully saturated rings. The summed E-state index contributed by atoms with van der Waals surface area (Å²) in [6.07, 6.45) is 1.92. The van der Waals surface area contributed by atoms with E-state index in [1.807, 2.05) is 0 Å². The molecule has 1 amide bonds. The van der Waals surface area contributed by atoms with Crippen molar-refractivity contribution < 1.29 is 4.79 Å². The van der Waals surface area contributed by atoms with Crippen molar-refractivity contribution in [3.63, 3.8) is 0 Å². The maximum atomic E-state index is 12.2. The molecule has 0 radical (unpaired) electrons. The molecule has 1 aliphatic heterocycles. The fourth-order valence-corrected chi connectivity index (χ4v) is 2.98. The van der Waals surface area contributed by atoms with Gasteiger partial charge in [-0.2, -0.15) is 0 Å². The molecule has 5 nitrogen and oxygen atoms in total. The van der Waals surface area contributed by atoms with Crippen LogP contribution in [0, 0.1) is 11.3 Å². The van der Waals surface area contributed by atoms with Crippen LogP contribution in [0.2, 0.25) is 0 Å². The Labute approximate surface area is 136 Å². The second-order valence-electron chi connectivity index (χ2n) is 7.02. The second kappa shape index (κ2) is 9.62. The Kier molecular flexibility index (Phi) is 9.45. The maximum Gasteiger partial charge on any atom is 0.223 e. The van der Waals surface area contributed by atoms with Crippen LogP contribution in [0.1, 0.15) is 26.7 Å². The summed E-state index contributed by atoms with van der Waals surface area (Å²) in [5.41, 5.74) is 5.67. The van der Waals surface area contributed by atoms with Crippen molar-refractivity contribution in [1.29, 1.82) is 0 Å². The second-order valence-corrected chi connectivity index (χ2v) is 7.02. The van der Waals surface area contributed by atoms with Gasteiger partial charge in [0, 0.05) is 32.1 Å². The first-order valence-corrected chi connectivity index (χ1v) is 7.69. The van der Waals surface area contributed by atoms with E-state index in [2.05, 4.69) is 43.1 Å². The van der Waals surface area contributed by atoms with E-state index in [1.54, 1.807) is 0 Å². The molecule has 0 unspecified atom stereocenters. The van der Waals surface area contributed by atoms with E-state index in [1.165, 1.54) is 0 Å². The van der Waals surface area contributed by atoms with Crippen LogP contribution in [0.4, 0.5) is 0 Å². The van der Waals surface area contributed by atoms with Gasteiger partial charge in [0.05, 0.1) is 0 Å². The van der Waals surface area contributed by atoms with Gasteiger partial charge in [0.15, 0.2) is 0 Å². The molecule has 21 heavy (non-hydrogen) atoms. The van der Waals surface area contributed by atoms with Crippen molar-refractivity contribution in [1.82, 2.24) is 15.1 Å². The molecular formula is C15H33ClN4O. The number of hydrogen-bond acceptors (Lipinski definition) is 4. The summed E-state index contributed by atoms with van der Waals surface area (Å²) in [5.74, 6) is 0.406. The molecule has 1 saturated heterocycles. The largest absolute Gasteiger partial charge is 0.355 e. The number of halogens is 1. The first-order valence-electron chi connectivity index (χ1n) is 7.69. The molecular weight excluding hydrogens is 288 g/mol. The zero-order valence-electron chi connectivity index (χ0n) is 14.0. The molecule has 126 valence electrons. The number of hydrogen-bond donors (Lipinski definition) is 2. The van der Waals surface area contributed by atoms with E-state index in [0.717, 1.165) is 45.6 Å². The maximum absolute atomic E-state index is 12.2. The molecule has 0 saturated carbocycles. The zero-order chi connectivity index (χ0) is 15.2. The number of likely N-dealkylation sites (tertiary alicyclic amines) is 1. The number of nitrogens with zero attached hydrogens (tertiary/aromatic N) is 2. The predicted molar refractivity (Wildman–Crippen MR) is 90.8 cm³/mol. The van der Waals surface area contributed by atoms with Crippen molar-refractivity contribution in [2.45, 2.75) is 26.7 Å². The number of piperidine rings is 1. The molecule has 6 heteroatoms. The van der Waals surface area contributed by atoms with Gasteiger partial charge >= 0.3 is 0 Å². The first-order chi connectivity index (χ1) is 9.34. The molecule has 0 spiro atoms. The Bertz CT molecular complexity index is 302. The highest BCUT2D eigenvalue weighted by Crippen LogP contribution is 2.18. The molecule has 1 rings (SSSR count). The number of carbonyl (C=O) groups is 1. The lowest BCUT2D eigenvalue weighted by atomic mass is 9.91. The molecule has 0 aromatic heterocycles.